The van der Waals surface area contributed by atoms with Gasteiger partial charge in [0.25, 0.3) is 0 Å². The van der Waals surface area contributed by atoms with E-state index in [4.69, 9.17) is 23.2 Å². The molecule has 108 valence electrons. The van der Waals surface area contributed by atoms with Gasteiger partial charge in [0.05, 0.1) is 0 Å². The first-order valence-electron chi connectivity index (χ1n) is 6.78. The molecule has 1 N–H and O–H groups in total. The molecule has 1 amide bonds. The van der Waals surface area contributed by atoms with Crippen LogP contribution < -0.4 is 5.32 Å². The van der Waals surface area contributed by atoms with Crippen LogP contribution >= 0.6 is 23.2 Å². The predicted octanol–water partition coefficient (Wildman–Crippen LogP) is 4.45. The molecule has 3 rings (SSSR count). The third-order valence-corrected chi connectivity index (χ3v) is 4.95. The van der Waals surface area contributed by atoms with Crippen LogP contribution in [-0.2, 0) is 10.2 Å². The van der Waals surface area contributed by atoms with Gasteiger partial charge in [-0.05, 0) is 24.1 Å². The summed E-state index contributed by atoms with van der Waals surface area (Å²) in [6.07, 6.45) is 0.421. The molecular formula is C17H15Cl2NO. The Morgan fingerprint density at radius 2 is 1.62 bits per heavy atom. The Balaban J connectivity index is 1.94. The third-order valence-electron chi connectivity index (χ3n) is 4.03. The van der Waals surface area contributed by atoms with Crippen LogP contribution in [0.25, 0.3) is 0 Å². The van der Waals surface area contributed by atoms with Gasteiger partial charge in [0.2, 0.25) is 5.91 Å². The molecule has 1 aliphatic rings. The number of nitrogens with one attached hydrogen (secondary N) is 1. The molecule has 2 nitrogen and oxygen atoms in total. The molecule has 1 atom stereocenters. The summed E-state index contributed by atoms with van der Waals surface area (Å²) < 4.78 is -1.05. The van der Waals surface area contributed by atoms with Crippen molar-refractivity contribution in [2.24, 2.45) is 0 Å². The number of benzene rings is 2. The van der Waals surface area contributed by atoms with E-state index in [2.05, 4.69) is 5.32 Å². The highest BCUT2D eigenvalue weighted by atomic mass is 35.5. The number of alkyl halides is 2. The van der Waals surface area contributed by atoms with Crippen LogP contribution in [0.15, 0.2) is 54.6 Å². The highest BCUT2D eigenvalue weighted by molar-refractivity contribution is 6.54. The first kappa shape index (κ1) is 14.4. The van der Waals surface area contributed by atoms with Gasteiger partial charge in [-0.2, -0.15) is 0 Å². The van der Waals surface area contributed by atoms with Gasteiger partial charge in [-0.15, -0.1) is 23.2 Å². The maximum Gasteiger partial charge on any atom is 0.238 e. The number of rotatable bonds is 3. The van der Waals surface area contributed by atoms with E-state index >= 15 is 0 Å². The van der Waals surface area contributed by atoms with Gasteiger partial charge < -0.3 is 5.32 Å². The van der Waals surface area contributed by atoms with Crippen molar-refractivity contribution in [3.63, 3.8) is 0 Å². The second kappa shape index (κ2) is 5.04. The molecule has 1 saturated carbocycles. The summed E-state index contributed by atoms with van der Waals surface area (Å²) in [6.45, 7) is 1.95. The molecule has 0 radical (unpaired) electrons. The van der Waals surface area contributed by atoms with Crippen LogP contribution in [-0.4, -0.2) is 10.2 Å². The van der Waals surface area contributed by atoms with Crippen molar-refractivity contribution in [2.75, 3.05) is 5.32 Å². The monoisotopic (exact) mass is 319 g/mol. The van der Waals surface area contributed by atoms with Gasteiger partial charge in [-0.3, -0.25) is 4.79 Å². The molecule has 2 aromatic carbocycles. The Kier molecular flexibility index (Phi) is 3.46. The number of carbonyl (C=O) groups excluding carboxylic acids is 1. The van der Waals surface area contributed by atoms with Crippen molar-refractivity contribution < 1.29 is 4.79 Å². The lowest BCUT2D eigenvalue weighted by Crippen LogP contribution is -2.32. The van der Waals surface area contributed by atoms with E-state index in [1.807, 2.05) is 61.5 Å². The zero-order valence-corrected chi connectivity index (χ0v) is 13.1. The molecule has 0 unspecified atom stereocenters. The van der Waals surface area contributed by atoms with Gasteiger partial charge in [0.1, 0.15) is 9.75 Å². The van der Waals surface area contributed by atoms with E-state index in [-0.39, 0.29) is 5.91 Å². The van der Waals surface area contributed by atoms with Gasteiger partial charge in [0.15, 0.2) is 0 Å². The van der Waals surface area contributed by atoms with E-state index in [9.17, 15) is 4.79 Å². The molecular weight excluding hydrogens is 305 g/mol. The average molecular weight is 320 g/mol. The van der Waals surface area contributed by atoms with Crippen molar-refractivity contribution in [1.82, 2.24) is 0 Å². The van der Waals surface area contributed by atoms with E-state index in [1.54, 1.807) is 0 Å². The number of para-hydroxylation sites is 1. The molecule has 1 aliphatic carbocycles. The topological polar surface area (TPSA) is 29.1 Å². The van der Waals surface area contributed by atoms with Gasteiger partial charge in [0, 0.05) is 12.1 Å². The SMILES string of the molecule is Cc1ccccc1NC(=O)[C@]1(c2ccccc2)CC1(Cl)Cl. The third kappa shape index (κ3) is 2.33. The zero-order chi connectivity index (χ0) is 15.1. The number of hydrogen-bond acceptors (Lipinski definition) is 1. The molecule has 21 heavy (non-hydrogen) atoms. The lowest BCUT2D eigenvalue weighted by molar-refractivity contribution is -0.118. The van der Waals surface area contributed by atoms with Crippen LogP contribution in [0, 0.1) is 6.92 Å². The summed E-state index contributed by atoms with van der Waals surface area (Å²) in [4.78, 5) is 12.8. The number of hydrogen-bond donors (Lipinski definition) is 1. The van der Waals surface area contributed by atoms with E-state index in [0.29, 0.717) is 6.42 Å². The lowest BCUT2D eigenvalue weighted by atomic mass is 9.94. The normalized spacial score (nSPS) is 22.6. The summed E-state index contributed by atoms with van der Waals surface area (Å²) in [5, 5.41) is 2.96. The number of carbonyl (C=O) groups is 1. The summed E-state index contributed by atoms with van der Waals surface area (Å²) >= 11 is 12.6. The predicted molar refractivity (Wildman–Crippen MR) is 87.0 cm³/mol. The van der Waals surface area contributed by atoms with Crippen molar-refractivity contribution in [1.29, 1.82) is 0 Å². The van der Waals surface area contributed by atoms with Gasteiger partial charge >= 0.3 is 0 Å². The van der Waals surface area contributed by atoms with Gasteiger partial charge in [-0.1, -0.05) is 48.5 Å². The van der Waals surface area contributed by atoms with E-state index < -0.39 is 9.75 Å². The smallest absolute Gasteiger partial charge is 0.238 e. The van der Waals surface area contributed by atoms with Crippen LogP contribution in [0.5, 0.6) is 0 Å². The van der Waals surface area contributed by atoms with E-state index in [1.165, 1.54) is 0 Å². The first-order chi connectivity index (χ1) is 9.97. The van der Waals surface area contributed by atoms with Gasteiger partial charge in [-0.25, -0.2) is 0 Å². The van der Waals surface area contributed by atoms with E-state index in [0.717, 1.165) is 16.8 Å². The molecule has 0 spiro atoms. The molecule has 0 heterocycles. The highest BCUT2D eigenvalue weighted by Gasteiger charge is 2.72. The minimum atomic E-state index is -1.05. The molecule has 1 fully saturated rings. The van der Waals surface area contributed by atoms with Crippen molar-refractivity contribution in [3.8, 4) is 0 Å². The minimum absolute atomic E-state index is 0.159. The molecule has 0 aliphatic heterocycles. The molecule has 4 heteroatoms. The fourth-order valence-corrected chi connectivity index (χ4v) is 3.44. The Labute approximate surface area is 134 Å². The fourth-order valence-electron chi connectivity index (χ4n) is 2.64. The number of halogens is 2. The molecule has 0 saturated heterocycles. The average Bonchev–Trinajstić information content (AvgIpc) is 3.07. The summed E-state index contributed by atoms with van der Waals surface area (Å²) in [5.41, 5.74) is 1.76. The Morgan fingerprint density at radius 1 is 1.05 bits per heavy atom. The van der Waals surface area contributed by atoms with Crippen LogP contribution in [0.3, 0.4) is 0 Å². The van der Waals surface area contributed by atoms with Crippen molar-refractivity contribution in [2.45, 2.75) is 23.1 Å². The Hall–Kier alpha value is -1.51. The number of amides is 1. The second-order valence-corrected chi connectivity index (χ2v) is 6.91. The Bertz CT molecular complexity index is 684. The number of anilines is 1. The minimum Gasteiger partial charge on any atom is -0.325 e. The molecule has 2 aromatic rings. The second-order valence-electron chi connectivity index (χ2n) is 5.42. The fraction of sp³-hybridized carbons (Fsp3) is 0.235. The molecule has 0 aromatic heterocycles. The first-order valence-corrected chi connectivity index (χ1v) is 7.53. The summed E-state index contributed by atoms with van der Waals surface area (Å²) in [7, 11) is 0. The van der Waals surface area contributed by atoms with Crippen LogP contribution in [0.1, 0.15) is 17.5 Å². The van der Waals surface area contributed by atoms with Crippen molar-refractivity contribution >= 4 is 34.8 Å². The number of aryl methyl sites for hydroxylation is 1. The highest BCUT2D eigenvalue weighted by Crippen LogP contribution is 2.65. The summed E-state index contributed by atoms with van der Waals surface area (Å²) in [5.74, 6) is -0.159. The quantitative estimate of drug-likeness (QED) is 0.832. The van der Waals surface area contributed by atoms with Crippen LogP contribution in [0.4, 0.5) is 5.69 Å². The standard InChI is InChI=1S/C17H15Cl2NO/c1-12-7-5-6-10-14(12)20-15(21)16(11-17(16,18)19)13-8-3-2-4-9-13/h2-10H,11H2,1H3,(H,20,21)/t16-/m1/s1. The summed E-state index contributed by atoms with van der Waals surface area (Å²) in [6, 6.07) is 17.1. The zero-order valence-electron chi connectivity index (χ0n) is 11.6. The lowest BCUT2D eigenvalue weighted by Gasteiger charge is -2.19. The largest absolute Gasteiger partial charge is 0.325 e. The maximum absolute atomic E-state index is 12.8. The van der Waals surface area contributed by atoms with Crippen molar-refractivity contribution in [3.05, 3.63) is 65.7 Å². The Morgan fingerprint density at radius 3 is 2.19 bits per heavy atom. The maximum atomic E-state index is 12.8. The van der Waals surface area contributed by atoms with Crippen LogP contribution in [0.2, 0.25) is 0 Å². The molecule has 0 bridgehead atoms.